The Hall–Kier alpha value is -3.47. The fourth-order valence-corrected chi connectivity index (χ4v) is 3.84. The third-order valence-corrected chi connectivity index (χ3v) is 5.25. The van der Waals surface area contributed by atoms with Gasteiger partial charge in [-0.3, -0.25) is 9.89 Å². The lowest BCUT2D eigenvalue weighted by Crippen LogP contribution is -2.19. The number of fused-ring (bicyclic) bond motifs is 2. The summed E-state index contributed by atoms with van der Waals surface area (Å²) >= 11 is 0. The summed E-state index contributed by atoms with van der Waals surface area (Å²) in [5.41, 5.74) is 4.51. The van der Waals surface area contributed by atoms with Gasteiger partial charge in [-0.2, -0.15) is 5.10 Å². The molecular formula is C22H18N4O. The zero-order valence-electron chi connectivity index (χ0n) is 14.6. The highest BCUT2D eigenvalue weighted by molar-refractivity contribution is 5.98. The number of nitrogens with one attached hydrogen (secondary N) is 2. The monoisotopic (exact) mass is 354 g/mol. The van der Waals surface area contributed by atoms with Crippen LogP contribution in [-0.4, -0.2) is 21.1 Å². The van der Waals surface area contributed by atoms with Crippen LogP contribution in [0.25, 0.3) is 21.9 Å². The van der Waals surface area contributed by atoms with Crippen LogP contribution in [0.3, 0.4) is 0 Å². The highest BCUT2D eigenvalue weighted by Gasteiger charge is 2.28. The van der Waals surface area contributed by atoms with Crippen molar-refractivity contribution in [1.82, 2.24) is 15.2 Å². The summed E-state index contributed by atoms with van der Waals surface area (Å²) in [7, 11) is 0. The Morgan fingerprint density at radius 2 is 1.96 bits per heavy atom. The van der Waals surface area contributed by atoms with E-state index in [9.17, 15) is 4.79 Å². The van der Waals surface area contributed by atoms with Crippen LogP contribution in [0.2, 0.25) is 0 Å². The number of amides is 1. The number of hydrogen-bond donors (Lipinski definition) is 2. The molecule has 2 aromatic carbocycles. The number of aromatic nitrogens is 3. The molecule has 5 rings (SSSR count). The van der Waals surface area contributed by atoms with Gasteiger partial charge in [0.1, 0.15) is 5.82 Å². The first kappa shape index (κ1) is 15.8. The van der Waals surface area contributed by atoms with E-state index in [1.54, 1.807) is 12.4 Å². The summed E-state index contributed by atoms with van der Waals surface area (Å²) in [5, 5.41) is 11.9. The number of nitrogens with zero attached hydrogens (tertiary/aromatic N) is 2. The molecule has 0 bridgehead atoms. The summed E-state index contributed by atoms with van der Waals surface area (Å²) in [6.07, 6.45) is 7.26. The summed E-state index contributed by atoms with van der Waals surface area (Å²) in [6.45, 7) is 0. The molecule has 0 radical (unpaired) electrons. The number of carbonyl (C=O) groups excluding carboxylic acids is 1. The average molecular weight is 354 g/mol. The molecular weight excluding hydrogens is 336 g/mol. The SMILES string of the molecule is O=C(Nc1cc2cc(-c3cn[nH]c3)ccc2cn1)C1CCc2ccccc21. The summed E-state index contributed by atoms with van der Waals surface area (Å²) in [5.74, 6) is 0.495. The molecule has 4 aromatic rings. The fraction of sp³-hybridized carbons (Fsp3) is 0.136. The van der Waals surface area contributed by atoms with Gasteiger partial charge in [0.15, 0.2) is 0 Å². The molecule has 2 N–H and O–H groups in total. The molecule has 1 aliphatic rings. The van der Waals surface area contributed by atoms with Crippen molar-refractivity contribution >= 4 is 22.5 Å². The zero-order valence-corrected chi connectivity index (χ0v) is 14.6. The molecule has 1 amide bonds. The highest BCUT2D eigenvalue weighted by atomic mass is 16.1. The normalized spacial score (nSPS) is 15.6. The molecule has 0 fully saturated rings. The van der Waals surface area contributed by atoms with Crippen LogP contribution in [0.4, 0.5) is 5.82 Å². The standard InChI is InChI=1S/C22H18N4O/c27-22(20-8-7-14-3-1-2-4-19(14)20)26-21-10-17-9-15(18-12-24-25-13-18)5-6-16(17)11-23-21/h1-6,9-13,20H,7-8H2,(H,24,25)(H,23,26,27). The van der Waals surface area contributed by atoms with Crippen molar-refractivity contribution in [3.63, 3.8) is 0 Å². The van der Waals surface area contributed by atoms with E-state index in [0.717, 1.165) is 40.3 Å². The number of benzene rings is 2. The number of carbonyl (C=O) groups is 1. The Balaban J connectivity index is 1.43. The van der Waals surface area contributed by atoms with Gasteiger partial charge >= 0.3 is 0 Å². The second kappa shape index (κ2) is 6.36. The molecule has 0 spiro atoms. The molecule has 1 unspecified atom stereocenters. The average Bonchev–Trinajstić information content (AvgIpc) is 3.37. The number of H-pyrrole nitrogens is 1. The fourth-order valence-electron chi connectivity index (χ4n) is 3.84. The predicted molar refractivity (Wildman–Crippen MR) is 105 cm³/mol. The smallest absolute Gasteiger partial charge is 0.233 e. The Kier molecular flexibility index (Phi) is 3.71. The minimum atomic E-state index is -0.101. The summed E-state index contributed by atoms with van der Waals surface area (Å²) < 4.78 is 0. The van der Waals surface area contributed by atoms with Gasteiger partial charge in [-0.15, -0.1) is 0 Å². The molecule has 2 heterocycles. The van der Waals surface area contributed by atoms with Gasteiger partial charge in [-0.25, -0.2) is 4.98 Å². The van der Waals surface area contributed by atoms with Gasteiger partial charge in [0, 0.05) is 23.3 Å². The first-order valence-electron chi connectivity index (χ1n) is 9.05. The van der Waals surface area contributed by atoms with Crippen LogP contribution < -0.4 is 5.32 Å². The van der Waals surface area contributed by atoms with E-state index in [0.29, 0.717) is 5.82 Å². The molecule has 0 saturated heterocycles. The molecule has 1 atom stereocenters. The van der Waals surface area contributed by atoms with Crippen molar-refractivity contribution in [3.8, 4) is 11.1 Å². The Morgan fingerprint density at radius 1 is 1.04 bits per heavy atom. The van der Waals surface area contributed by atoms with Crippen molar-refractivity contribution in [2.75, 3.05) is 5.32 Å². The lowest BCUT2D eigenvalue weighted by molar-refractivity contribution is -0.117. The quantitative estimate of drug-likeness (QED) is 0.576. The first-order valence-corrected chi connectivity index (χ1v) is 9.05. The maximum atomic E-state index is 12.8. The number of hydrogen-bond acceptors (Lipinski definition) is 3. The van der Waals surface area contributed by atoms with Gasteiger partial charge in [0.25, 0.3) is 0 Å². The van der Waals surface area contributed by atoms with Crippen molar-refractivity contribution in [1.29, 1.82) is 0 Å². The topological polar surface area (TPSA) is 70.7 Å². The maximum Gasteiger partial charge on any atom is 0.233 e. The first-order chi connectivity index (χ1) is 13.3. The van der Waals surface area contributed by atoms with Crippen molar-refractivity contribution in [2.45, 2.75) is 18.8 Å². The largest absolute Gasteiger partial charge is 0.310 e. The van der Waals surface area contributed by atoms with E-state index in [1.807, 2.05) is 36.5 Å². The zero-order chi connectivity index (χ0) is 18.2. The van der Waals surface area contributed by atoms with Crippen LogP contribution in [0.5, 0.6) is 0 Å². The number of pyridine rings is 1. The van der Waals surface area contributed by atoms with Crippen LogP contribution in [0.1, 0.15) is 23.5 Å². The molecule has 5 nitrogen and oxygen atoms in total. The summed E-state index contributed by atoms with van der Waals surface area (Å²) in [6, 6.07) is 16.3. The minimum absolute atomic E-state index is 0.0118. The molecule has 0 saturated carbocycles. The third-order valence-electron chi connectivity index (χ3n) is 5.25. The van der Waals surface area contributed by atoms with Crippen LogP contribution in [0, 0.1) is 0 Å². The van der Waals surface area contributed by atoms with E-state index in [-0.39, 0.29) is 11.8 Å². The number of aryl methyl sites for hydroxylation is 1. The number of rotatable bonds is 3. The van der Waals surface area contributed by atoms with Crippen LogP contribution in [0.15, 0.2) is 67.1 Å². The molecule has 1 aliphatic carbocycles. The van der Waals surface area contributed by atoms with E-state index in [4.69, 9.17) is 0 Å². The molecule has 27 heavy (non-hydrogen) atoms. The van der Waals surface area contributed by atoms with Gasteiger partial charge in [0.05, 0.1) is 12.1 Å². The lowest BCUT2D eigenvalue weighted by atomic mass is 10.0. The third kappa shape index (κ3) is 2.87. The molecule has 2 aromatic heterocycles. The lowest BCUT2D eigenvalue weighted by Gasteiger charge is -2.12. The molecule has 0 aliphatic heterocycles. The second-order valence-electron chi connectivity index (χ2n) is 6.90. The molecule has 5 heteroatoms. The van der Waals surface area contributed by atoms with Gasteiger partial charge < -0.3 is 5.32 Å². The van der Waals surface area contributed by atoms with E-state index in [1.165, 1.54) is 5.56 Å². The maximum absolute atomic E-state index is 12.8. The van der Waals surface area contributed by atoms with Gasteiger partial charge in [0.2, 0.25) is 5.91 Å². The molecule has 132 valence electrons. The van der Waals surface area contributed by atoms with Crippen LogP contribution in [-0.2, 0) is 11.2 Å². The number of anilines is 1. The van der Waals surface area contributed by atoms with E-state index < -0.39 is 0 Å². The predicted octanol–water partition coefficient (Wildman–Crippen LogP) is 4.29. The second-order valence-corrected chi connectivity index (χ2v) is 6.90. The van der Waals surface area contributed by atoms with Gasteiger partial charge in [-0.1, -0.05) is 36.4 Å². The Bertz CT molecular complexity index is 1130. The minimum Gasteiger partial charge on any atom is -0.310 e. The highest BCUT2D eigenvalue weighted by Crippen LogP contribution is 2.34. The van der Waals surface area contributed by atoms with E-state index >= 15 is 0 Å². The van der Waals surface area contributed by atoms with Crippen molar-refractivity contribution in [3.05, 3.63) is 78.2 Å². The van der Waals surface area contributed by atoms with Gasteiger partial charge in [-0.05, 0) is 47.1 Å². The summed E-state index contributed by atoms with van der Waals surface area (Å²) in [4.78, 5) is 17.2. The van der Waals surface area contributed by atoms with E-state index in [2.05, 4.69) is 38.7 Å². The van der Waals surface area contributed by atoms with Crippen LogP contribution >= 0.6 is 0 Å². The Labute approximate surface area is 156 Å². The number of aromatic amines is 1. The Morgan fingerprint density at radius 3 is 2.85 bits per heavy atom. The van der Waals surface area contributed by atoms with Crippen molar-refractivity contribution < 1.29 is 4.79 Å². The van der Waals surface area contributed by atoms with Crippen molar-refractivity contribution in [2.24, 2.45) is 0 Å².